The highest BCUT2D eigenvalue weighted by molar-refractivity contribution is 5.01. The summed E-state index contributed by atoms with van der Waals surface area (Å²) in [6.45, 7) is 15.6. The van der Waals surface area contributed by atoms with Crippen LogP contribution in [0.3, 0.4) is 0 Å². The summed E-state index contributed by atoms with van der Waals surface area (Å²) in [5.74, 6) is 0.174. The van der Waals surface area contributed by atoms with E-state index in [2.05, 4.69) is 27.4 Å². The SMILES string of the molecule is C=C(F)C(C)(CCCC)C(C)C.CC. The van der Waals surface area contributed by atoms with Crippen molar-refractivity contribution in [3.63, 3.8) is 0 Å². The van der Waals surface area contributed by atoms with Gasteiger partial charge in [-0.15, -0.1) is 0 Å². The summed E-state index contributed by atoms with van der Waals surface area (Å²) in [7, 11) is 0. The first-order valence-electron chi connectivity index (χ1n) is 5.80. The van der Waals surface area contributed by atoms with E-state index in [4.69, 9.17) is 0 Å². The van der Waals surface area contributed by atoms with E-state index < -0.39 is 0 Å². The van der Waals surface area contributed by atoms with Gasteiger partial charge in [0, 0.05) is 5.41 Å². The Morgan fingerprint density at radius 2 is 1.79 bits per heavy atom. The van der Waals surface area contributed by atoms with Crippen molar-refractivity contribution in [3.05, 3.63) is 12.4 Å². The topological polar surface area (TPSA) is 0 Å². The van der Waals surface area contributed by atoms with Gasteiger partial charge in [0.1, 0.15) is 0 Å². The Bertz CT molecular complexity index is 149. The summed E-state index contributed by atoms with van der Waals surface area (Å²) in [5, 5.41) is 0. The maximum absolute atomic E-state index is 13.1. The number of hydrogen-bond donors (Lipinski definition) is 0. The summed E-state index contributed by atoms with van der Waals surface area (Å²) < 4.78 is 13.1. The maximum atomic E-state index is 13.1. The van der Waals surface area contributed by atoms with E-state index in [1.54, 1.807) is 0 Å². The van der Waals surface area contributed by atoms with Crippen LogP contribution in [0, 0.1) is 11.3 Å². The van der Waals surface area contributed by atoms with Gasteiger partial charge in [0.15, 0.2) is 0 Å². The second kappa shape index (κ2) is 8.02. The van der Waals surface area contributed by atoms with E-state index >= 15 is 0 Å². The standard InChI is InChI=1S/C11H21F.C2H6/c1-6-7-8-11(5,9(2)3)10(4)12;1-2/h9H,4,6-8H2,1-3,5H3;1-2H3. The van der Waals surface area contributed by atoms with Gasteiger partial charge in [0.05, 0.1) is 5.83 Å². The fourth-order valence-electron chi connectivity index (χ4n) is 1.28. The molecule has 0 spiro atoms. The van der Waals surface area contributed by atoms with Crippen molar-refractivity contribution in [2.24, 2.45) is 11.3 Å². The van der Waals surface area contributed by atoms with Gasteiger partial charge in [-0.1, -0.05) is 61.0 Å². The van der Waals surface area contributed by atoms with Crippen LogP contribution in [0.5, 0.6) is 0 Å². The number of unbranched alkanes of at least 4 members (excludes halogenated alkanes) is 1. The Hall–Kier alpha value is -0.330. The molecule has 0 aromatic heterocycles. The van der Waals surface area contributed by atoms with Crippen LogP contribution in [0.2, 0.25) is 0 Å². The predicted molar refractivity (Wildman–Crippen MR) is 64.1 cm³/mol. The van der Waals surface area contributed by atoms with E-state index in [0.29, 0.717) is 5.92 Å². The molecule has 0 N–H and O–H groups in total. The number of rotatable bonds is 5. The fourth-order valence-corrected chi connectivity index (χ4v) is 1.28. The Labute approximate surface area is 89.6 Å². The Morgan fingerprint density at radius 1 is 1.36 bits per heavy atom. The van der Waals surface area contributed by atoms with E-state index in [0.717, 1.165) is 19.3 Å². The summed E-state index contributed by atoms with van der Waals surface area (Å²) in [5.41, 5.74) is -0.310. The fraction of sp³-hybridized carbons (Fsp3) is 0.846. The second-order valence-electron chi connectivity index (χ2n) is 4.08. The minimum absolute atomic E-state index is 0.161. The molecule has 0 rings (SSSR count). The number of hydrogen-bond acceptors (Lipinski definition) is 0. The first kappa shape index (κ1) is 16.1. The van der Waals surface area contributed by atoms with Gasteiger partial charge in [-0.3, -0.25) is 0 Å². The lowest BCUT2D eigenvalue weighted by atomic mass is 9.74. The average Bonchev–Trinajstić information content (AvgIpc) is 2.16. The molecule has 0 aliphatic rings. The number of allylic oxidation sites excluding steroid dienone is 1. The molecule has 0 aromatic carbocycles. The molecule has 0 heterocycles. The van der Waals surface area contributed by atoms with Crippen LogP contribution in [-0.2, 0) is 0 Å². The second-order valence-corrected chi connectivity index (χ2v) is 4.08. The molecule has 0 saturated carbocycles. The Kier molecular flexibility index (Phi) is 9.23. The molecule has 0 bridgehead atoms. The summed E-state index contributed by atoms with van der Waals surface area (Å²) in [6, 6.07) is 0. The molecule has 0 fully saturated rings. The minimum Gasteiger partial charge on any atom is -0.212 e. The highest BCUT2D eigenvalue weighted by Crippen LogP contribution is 2.39. The van der Waals surface area contributed by atoms with Crippen LogP contribution in [0.25, 0.3) is 0 Å². The zero-order valence-electron chi connectivity index (χ0n) is 10.8. The van der Waals surface area contributed by atoms with Crippen LogP contribution in [0.4, 0.5) is 4.39 Å². The van der Waals surface area contributed by atoms with Crippen molar-refractivity contribution < 1.29 is 4.39 Å². The maximum Gasteiger partial charge on any atom is 0.0989 e. The molecular weight excluding hydrogens is 175 g/mol. The predicted octanol–water partition coefficient (Wildman–Crippen LogP) is 5.35. The Morgan fingerprint density at radius 3 is 2.00 bits per heavy atom. The van der Waals surface area contributed by atoms with Crippen LogP contribution in [0.15, 0.2) is 12.4 Å². The van der Waals surface area contributed by atoms with Crippen molar-refractivity contribution in [2.75, 3.05) is 0 Å². The van der Waals surface area contributed by atoms with E-state index in [1.807, 2.05) is 20.8 Å². The minimum atomic E-state index is -0.310. The zero-order valence-corrected chi connectivity index (χ0v) is 10.8. The molecule has 0 radical (unpaired) electrons. The Balaban J connectivity index is 0. The molecule has 0 saturated heterocycles. The highest BCUT2D eigenvalue weighted by Gasteiger charge is 2.31. The van der Waals surface area contributed by atoms with Crippen molar-refractivity contribution in [3.8, 4) is 0 Å². The average molecular weight is 202 g/mol. The molecule has 0 nitrogen and oxygen atoms in total. The monoisotopic (exact) mass is 202 g/mol. The highest BCUT2D eigenvalue weighted by atomic mass is 19.1. The molecule has 1 unspecified atom stereocenters. The third-order valence-electron chi connectivity index (χ3n) is 2.94. The third kappa shape index (κ3) is 4.78. The van der Waals surface area contributed by atoms with Crippen LogP contribution in [-0.4, -0.2) is 0 Å². The van der Waals surface area contributed by atoms with Crippen molar-refractivity contribution in [2.45, 2.75) is 60.8 Å². The smallest absolute Gasteiger partial charge is 0.0989 e. The summed E-state index contributed by atoms with van der Waals surface area (Å²) in [6.07, 6.45) is 3.11. The van der Waals surface area contributed by atoms with Crippen molar-refractivity contribution in [1.29, 1.82) is 0 Å². The summed E-state index contributed by atoms with van der Waals surface area (Å²) >= 11 is 0. The van der Waals surface area contributed by atoms with Gasteiger partial charge < -0.3 is 0 Å². The van der Waals surface area contributed by atoms with Gasteiger partial charge in [0.2, 0.25) is 0 Å². The first-order chi connectivity index (χ1) is 6.45. The van der Waals surface area contributed by atoms with Gasteiger partial charge in [0.25, 0.3) is 0 Å². The third-order valence-corrected chi connectivity index (χ3v) is 2.94. The van der Waals surface area contributed by atoms with E-state index in [-0.39, 0.29) is 11.2 Å². The van der Waals surface area contributed by atoms with Crippen LogP contribution in [0.1, 0.15) is 60.8 Å². The number of halogens is 1. The lowest BCUT2D eigenvalue weighted by Gasteiger charge is -2.31. The molecule has 86 valence electrons. The van der Waals surface area contributed by atoms with E-state index in [1.165, 1.54) is 0 Å². The largest absolute Gasteiger partial charge is 0.212 e. The van der Waals surface area contributed by atoms with Crippen LogP contribution < -0.4 is 0 Å². The van der Waals surface area contributed by atoms with Crippen molar-refractivity contribution in [1.82, 2.24) is 0 Å². The molecular formula is C13H27F. The lowest BCUT2D eigenvalue weighted by Crippen LogP contribution is -2.23. The quantitative estimate of drug-likeness (QED) is 0.564. The molecule has 0 aliphatic carbocycles. The zero-order chi connectivity index (χ0) is 11.8. The van der Waals surface area contributed by atoms with Gasteiger partial charge in [-0.05, 0) is 12.3 Å². The van der Waals surface area contributed by atoms with Crippen LogP contribution >= 0.6 is 0 Å². The lowest BCUT2D eigenvalue weighted by molar-refractivity contribution is 0.203. The van der Waals surface area contributed by atoms with Gasteiger partial charge in [-0.25, -0.2) is 4.39 Å². The molecule has 0 aromatic rings. The molecule has 0 aliphatic heterocycles. The summed E-state index contributed by atoms with van der Waals surface area (Å²) in [4.78, 5) is 0. The van der Waals surface area contributed by atoms with Crippen molar-refractivity contribution >= 4 is 0 Å². The van der Waals surface area contributed by atoms with Gasteiger partial charge >= 0.3 is 0 Å². The molecule has 1 heteroatoms. The normalized spacial score (nSPS) is 14.3. The molecule has 1 atom stereocenters. The molecule has 14 heavy (non-hydrogen) atoms. The van der Waals surface area contributed by atoms with E-state index in [9.17, 15) is 4.39 Å². The first-order valence-corrected chi connectivity index (χ1v) is 5.80. The van der Waals surface area contributed by atoms with Gasteiger partial charge in [-0.2, -0.15) is 0 Å². The molecule has 0 amide bonds.